The maximum absolute atomic E-state index is 13.3. The zero-order valence-corrected chi connectivity index (χ0v) is 32.4. The van der Waals surface area contributed by atoms with Crippen LogP contribution >= 0.6 is 0 Å². The lowest BCUT2D eigenvalue weighted by molar-refractivity contribution is -0.192. The number of hydrogen-bond acceptors (Lipinski definition) is 5. The first-order valence-corrected chi connectivity index (χ1v) is 21.0. The lowest BCUT2D eigenvalue weighted by Crippen LogP contribution is -2.46. The first-order chi connectivity index (χ1) is 26.4. The molecule has 300 valence electrons. The van der Waals surface area contributed by atoms with Gasteiger partial charge in [-0.05, 0) is 137 Å². The number of carbonyl (C=O) groups is 3. The van der Waals surface area contributed by atoms with Crippen molar-refractivity contribution in [1.29, 1.82) is 0 Å². The third-order valence-corrected chi connectivity index (χ3v) is 14.3. The largest absolute Gasteiger partial charge is 0.490 e. The van der Waals surface area contributed by atoms with Crippen molar-refractivity contribution in [1.82, 2.24) is 20.4 Å². The van der Waals surface area contributed by atoms with Crippen molar-refractivity contribution < 1.29 is 32.7 Å². The Kier molecular flexibility index (Phi) is 12.3. The van der Waals surface area contributed by atoms with Crippen molar-refractivity contribution in [2.75, 3.05) is 13.1 Å². The maximum atomic E-state index is 13.3. The van der Waals surface area contributed by atoms with Gasteiger partial charge < -0.3 is 15.7 Å². The van der Waals surface area contributed by atoms with Gasteiger partial charge in [0.2, 0.25) is 11.8 Å². The molecule has 2 aliphatic carbocycles. The molecule has 8 rings (SSSR count). The zero-order chi connectivity index (χ0) is 38.9. The standard InChI is InChI=1S/C42H58N4O2.C2HF3O2/c1-27(41(47)43-31-15-11-29(12-16-31)23-25-45-37-19-20-38(45)34-8-4-3-7-33(34)37)28(2)42(48)44-32-17-13-30(14-18-32)24-26-46-39-21-22-40(46)36-10-6-5-9-35(36)39;3-2(4,5)1(6)7/h3-10,27-32,37-40H,11-26H2,1-2H3,(H,43,47)(H,44,48);(H,6,7)/t27?,28?,29?,30?,31?,32?,37-,38+,39-,40+;. The highest BCUT2D eigenvalue weighted by molar-refractivity contribution is 5.87. The number of carboxylic acids is 1. The second kappa shape index (κ2) is 17.0. The molecule has 8 nitrogen and oxygen atoms in total. The van der Waals surface area contributed by atoms with Gasteiger partial charge in [-0.15, -0.1) is 0 Å². The molecule has 0 radical (unpaired) electrons. The molecule has 6 atom stereocenters. The van der Waals surface area contributed by atoms with Gasteiger partial charge in [0.15, 0.2) is 0 Å². The van der Waals surface area contributed by atoms with E-state index in [1.165, 1.54) is 77.3 Å². The van der Waals surface area contributed by atoms with Crippen molar-refractivity contribution in [3.8, 4) is 0 Å². The molecule has 2 aromatic carbocycles. The lowest BCUT2D eigenvalue weighted by atomic mass is 9.83. The highest BCUT2D eigenvalue weighted by Gasteiger charge is 2.45. The molecule has 3 N–H and O–H groups in total. The minimum atomic E-state index is -5.08. The average Bonchev–Trinajstić information content (AvgIpc) is 3.95. The molecule has 2 saturated heterocycles. The Hall–Kier alpha value is -3.44. The monoisotopic (exact) mass is 764 g/mol. The fourth-order valence-corrected chi connectivity index (χ4v) is 10.9. The van der Waals surface area contributed by atoms with Crippen LogP contribution in [-0.2, 0) is 14.4 Å². The highest BCUT2D eigenvalue weighted by atomic mass is 19.4. The van der Waals surface area contributed by atoms with Crippen molar-refractivity contribution in [3.63, 3.8) is 0 Å². The van der Waals surface area contributed by atoms with Gasteiger partial charge in [-0.25, -0.2) is 4.79 Å². The normalized spacial score (nSPS) is 30.8. The van der Waals surface area contributed by atoms with E-state index >= 15 is 0 Å². The number of nitrogens with zero attached hydrogens (tertiary/aromatic N) is 2. The smallest absolute Gasteiger partial charge is 0.475 e. The molecule has 2 unspecified atom stereocenters. The summed E-state index contributed by atoms with van der Waals surface area (Å²) in [4.78, 5) is 41.0. The van der Waals surface area contributed by atoms with Crippen LogP contribution in [0.4, 0.5) is 13.2 Å². The van der Waals surface area contributed by atoms with E-state index in [-0.39, 0.29) is 35.7 Å². The number of amides is 2. The van der Waals surface area contributed by atoms with Gasteiger partial charge in [-0.2, -0.15) is 13.2 Å². The Morgan fingerprint density at radius 3 is 1.16 bits per heavy atom. The summed E-state index contributed by atoms with van der Waals surface area (Å²) in [6.45, 7) is 6.28. The Balaban J connectivity index is 0.000000609. The molecule has 2 aromatic rings. The zero-order valence-electron chi connectivity index (χ0n) is 32.4. The van der Waals surface area contributed by atoms with E-state index in [9.17, 15) is 22.8 Å². The third-order valence-electron chi connectivity index (χ3n) is 14.3. The average molecular weight is 765 g/mol. The lowest BCUT2D eigenvalue weighted by Gasteiger charge is -2.33. The van der Waals surface area contributed by atoms with E-state index in [4.69, 9.17) is 9.90 Å². The first-order valence-electron chi connectivity index (χ1n) is 21.0. The molecule has 4 aliphatic heterocycles. The molecular formula is C44H59F3N4O4. The summed E-state index contributed by atoms with van der Waals surface area (Å²) in [6.07, 6.45) is 11.7. The molecule has 4 heterocycles. The summed E-state index contributed by atoms with van der Waals surface area (Å²) in [7, 11) is 0. The van der Waals surface area contributed by atoms with Gasteiger partial charge in [0, 0.05) is 48.1 Å². The molecule has 55 heavy (non-hydrogen) atoms. The van der Waals surface area contributed by atoms with E-state index < -0.39 is 12.1 Å². The van der Waals surface area contributed by atoms with E-state index in [1.807, 2.05) is 13.8 Å². The van der Waals surface area contributed by atoms with Crippen LogP contribution in [0.5, 0.6) is 0 Å². The number of halogens is 3. The topological polar surface area (TPSA) is 102 Å². The predicted octanol–water partition coefficient (Wildman–Crippen LogP) is 8.81. The van der Waals surface area contributed by atoms with Crippen molar-refractivity contribution >= 4 is 17.8 Å². The van der Waals surface area contributed by atoms with E-state index in [1.54, 1.807) is 22.3 Å². The summed E-state index contributed by atoms with van der Waals surface area (Å²) in [6, 6.07) is 21.2. The molecular weight excluding hydrogens is 706 g/mol. The molecule has 2 saturated carbocycles. The minimum Gasteiger partial charge on any atom is -0.475 e. The fraction of sp³-hybridized carbons (Fsp3) is 0.659. The van der Waals surface area contributed by atoms with Gasteiger partial charge in [0.25, 0.3) is 0 Å². The van der Waals surface area contributed by atoms with Gasteiger partial charge in [-0.1, -0.05) is 62.4 Å². The number of nitrogens with one attached hydrogen (secondary N) is 2. The van der Waals surface area contributed by atoms with Crippen molar-refractivity contribution in [2.24, 2.45) is 23.7 Å². The highest BCUT2D eigenvalue weighted by Crippen LogP contribution is 2.54. The van der Waals surface area contributed by atoms with Gasteiger partial charge in [-0.3, -0.25) is 19.4 Å². The van der Waals surface area contributed by atoms with Crippen LogP contribution in [0, 0.1) is 23.7 Å². The molecule has 0 spiro atoms. The van der Waals surface area contributed by atoms with Crippen molar-refractivity contribution in [2.45, 2.75) is 146 Å². The minimum absolute atomic E-state index is 0.0502. The molecule has 6 aliphatic rings. The third kappa shape index (κ3) is 8.78. The number of carbonyl (C=O) groups excluding carboxylic acids is 2. The van der Waals surface area contributed by atoms with Crippen LogP contribution in [0.2, 0.25) is 0 Å². The summed E-state index contributed by atoms with van der Waals surface area (Å²) in [5.74, 6) is -1.77. The Bertz CT molecular complexity index is 1500. The van der Waals surface area contributed by atoms with E-state index in [0.717, 1.165) is 37.5 Å². The summed E-state index contributed by atoms with van der Waals surface area (Å²) in [5.41, 5.74) is 6.30. The Morgan fingerprint density at radius 1 is 0.600 bits per heavy atom. The number of hydrogen-bond donors (Lipinski definition) is 3. The van der Waals surface area contributed by atoms with Gasteiger partial charge in [0.1, 0.15) is 0 Å². The number of alkyl halides is 3. The van der Waals surface area contributed by atoms with Crippen LogP contribution in [0.3, 0.4) is 0 Å². The number of rotatable bonds is 11. The summed E-state index contributed by atoms with van der Waals surface area (Å²) < 4.78 is 31.7. The van der Waals surface area contributed by atoms with Crippen molar-refractivity contribution in [3.05, 3.63) is 70.8 Å². The van der Waals surface area contributed by atoms with Crippen LogP contribution < -0.4 is 10.6 Å². The molecule has 11 heteroatoms. The number of benzene rings is 2. The van der Waals surface area contributed by atoms with E-state index in [2.05, 4.69) is 69.0 Å². The van der Waals surface area contributed by atoms with Crippen LogP contribution in [0.25, 0.3) is 0 Å². The van der Waals surface area contributed by atoms with Crippen LogP contribution in [0.15, 0.2) is 48.5 Å². The summed E-state index contributed by atoms with van der Waals surface area (Å²) in [5, 5.41) is 13.8. The fourth-order valence-electron chi connectivity index (χ4n) is 10.9. The number of carboxylic acid groups (broad SMARTS) is 1. The molecule has 4 bridgehead atoms. The van der Waals surface area contributed by atoms with Gasteiger partial charge in [0.05, 0.1) is 0 Å². The Morgan fingerprint density at radius 2 is 0.891 bits per heavy atom. The summed E-state index contributed by atoms with van der Waals surface area (Å²) >= 11 is 0. The van der Waals surface area contributed by atoms with Crippen LogP contribution in [0.1, 0.15) is 150 Å². The second-order valence-electron chi connectivity index (χ2n) is 17.4. The second-order valence-corrected chi connectivity index (χ2v) is 17.4. The molecule has 0 aromatic heterocycles. The SMILES string of the molecule is CC(C(=O)NC1CCC(CCN2[C@@H]3CC[C@H]2c2ccccc23)CC1)C(C)C(=O)NC1CCC(CCN2[C@@H]3CC[C@H]2c2ccccc23)CC1.O=C(O)C(F)(F)F. The van der Waals surface area contributed by atoms with E-state index in [0.29, 0.717) is 24.2 Å². The predicted molar refractivity (Wildman–Crippen MR) is 205 cm³/mol. The molecule has 2 amide bonds. The van der Waals surface area contributed by atoms with Crippen LogP contribution in [-0.4, -0.2) is 64.0 Å². The Labute approximate surface area is 324 Å². The first kappa shape index (κ1) is 39.8. The maximum Gasteiger partial charge on any atom is 0.490 e. The number of aliphatic carboxylic acids is 1. The number of fused-ring (bicyclic) bond motifs is 10. The van der Waals surface area contributed by atoms with Gasteiger partial charge >= 0.3 is 12.1 Å². The quantitative estimate of drug-likeness (QED) is 0.212. The molecule has 4 fully saturated rings.